The fourth-order valence-electron chi connectivity index (χ4n) is 2.56. The fourth-order valence-corrected chi connectivity index (χ4v) is 4.37. The molecule has 1 saturated heterocycles. The molecule has 1 fully saturated rings. The van der Waals surface area contributed by atoms with E-state index < -0.39 is 22.2 Å². The summed E-state index contributed by atoms with van der Waals surface area (Å²) in [5, 5.41) is 9.17. The molecule has 7 heteroatoms. The highest BCUT2D eigenvalue weighted by Crippen LogP contribution is 2.24. The van der Waals surface area contributed by atoms with Crippen LogP contribution in [-0.4, -0.2) is 47.2 Å². The van der Waals surface area contributed by atoms with Crippen molar-refractivity contribution in [2.24, 2.45) is 0 Å². The van der Waals surface area contributed by atoms with E-state index in [2.05, 4.69) is 0 Å². The van der Waals surface area contributed by atoms with Crippen molar-refractivity contribution in [2.45, 2.75) is 32.4 Å². The van der Waals surface area contributed by atoms with E-state index in [0.29, 0.717) is 19.4 Å². The number of hydrogen-bond acceptors (Lipinski definition) is 3. The maximum Gasteiger partial charge on any atom is 0.322 e. The summed E-state index contributed by atoms with van der Waals surface area (Å²) in [4.78, 5) is 11.2. The second kappa shape index (κ2) is 6.55. The topological polar surface area (TPSA) is 77.9 Å². The molecule has 2 rings (SSSR count). The molecule has 21 heavy (non-hydrogen) atoms. The lowest BCUT2D eigenvalue weighted by Crippen LogP contribution is -2.48. The van der Waals surface area contributed by atoms with Gasteiger partial charge in [0.2, 0.25) is 0 Å². The highest BCUT2D eigenvalue weighted by Gasteiger charge is 2.41. The van der Waals surface area contributed by atoms with E-state index in [4.69, 9.17) is 5.11 Å². The van der Waals surface area contributed by atoms with E-state index in [0.717, 1.165) is 9.87 Å². The average Bonchev–Trinajstić information content (AvgIpc) is 2.96. The number of carboxylic acid groups (broad SMARTS) is 1. The molecule has 1 unspecified atom stereocenters. The predicted molar refractivity (Wildman–Crippen MR) is 78.8 cm³/mol. The van der Waals surface area contributed by atoms with Crippen LogP contribution in [0, 0.1) is 0 Å². The van der Waals surface area contributed by atoms with Crippen molar-refractivity contribution in [3.05, 3.63) is 35.9 Å². The SMILES string of the molecule is CCN(Cc1ccccc1)S(=O)(=O)N1CCCC1C(=O)O. The Balaban J connectivity index is 2.21. The van der Waals surface area contributed by atoms with Crippen LogP contribution in [0.15, 0.2) is 30.3 Å². The second-order valence-corrected chi connectivity index (χ2v) is 6.91. The van der Waals surface area contributed by atoms with Gasteiger partial charge >= 0.3 is 5.97 Å². The third kappa shape index (κ3) is 3.42. The van der Waals surface area contributed by atoms with Crippen LogP contribution in [0.1, 0.15) is 25.3 Å². The van der Waals surface area contributed by atoms with Crippen LogP contribution in [0.4, 0.5) is 0 Å². The highest BCUT2D eigenvalue weighted by molar-refractivity contribution is 7.86. The second-order valence-electron chi connectivity index (χ2n) is 5.03. The van der Waals surface area contributed by atoms with Crippen molar-refractivity contribution in [1.82, 2.24) is 8.61 Å². The quantitative estimate of drug-likeness (QED) is 0.859. The monoisotopic (exact) mass is 312 g/mol. The van der Waals surface area contributed by atoms with Crippen molar-refractivity contribution >= 4 is 16.2 Å². The molecule has 0 amide bonds. The zero-order chi connectivity index (χ0) is 15.5. The molecule has 116 valence electrons. The van der Waals surface area contributed by atoms with E-state index in [1.54, 1.807) is 6.92 Å². The van der Waals surface area contributed by atoms with Crippen molar-refractivity contribution in [1.29, 1.82) is 0 Å². The van der Waals surface area contributed by atoms with Crippen LogP contribution in [-0.2, 0) is 21.5 Å². The first-order chi connectivity index (χ1) is 9.96. The summed E-state index contributed by atoms with van der Waals surface area (Å²) in [5.41, 5.74) is 0.883. The largest absolute Gasteiger partial charge is 0.480 e. The molecule has 6 nitrogen and oxygen atoms in total. The molecular weight excluding hydrogens is 292 g/mol. The number of aliphatic carboxylic acids is 1. The van der Waals surface area contributed by atoms with Crippen molar-refractivity contribution in [3.8, 4) is 0 Å². The minimum Gasteiger partial charge on any atom is -0.480 e. The van der Waals surface area contributed by atoms with Crippen molar-refractivity contribution in [3.63, 3.8) is 0 Å². The summed E-state index contributed by atoms with van der Waals surface area (Å²) in [6.07, 6.45) is 0.955. The number of nitrogens with zero attached hydrogens (tertiary/aromatic N) is 2. The smallest absolute Gasteiger partial charge is 0.322 e. The van der Waals surface area contributed by atoms with Gasteiger partial charge in [-0.25, -0.2) is 0 Å². The summed E-state index contributed by atoms with van der Waals surface area (Å²) in [6, 6.07) is 8.35. The van der Waals surface area contributed by atoms with Gasteiger partial charge in [0.25, 0.3) is 10.2 Å². The first-order valence-electron chi connectivity index (χ1n) is 7.00. The van der Waals surface area contributed by atoms with Gasteiger partial charge in [-0.3, -0.25) is 4.79 Å². The zero-order valence-electron chi connectivity index (χ0n) is 12.0. The molecule has 1 N–H and O–H groups in total. The first kappa shape index (κ1) is 15.9. The number of hydrogen-bond donors (Lipinski definition) is 1. The number of carboxylic acids is 1. The lowest BCUT2D eigenvalue weighted by Gasteiger charge is -2.28. The van der Waals surface area contributed by atoms with Gasteiger partial charge in [-0.2, -0.15) is 17.0 Å². The van der Waals surface area contributed by atoms with E-state index in [9.17, 15) is 13.2 Å². The Bertz CT molecular complexity index is 588. The predicted octanol–water partition coefficient (Wildman–Crippen LogP) is 1.30. The fraction of sp³-hybridized carbons (Fsp3) is 0.500. The Hall–Kier alpha value is -1.44. The molecule has 0 spiro atoms. The van der Waals surface area contributed by atoms with Crippen LogP contribution in [0.2, 0.25) is 0 Å². The van der Waals surface area contributed by atoms with Gasteiger partial charge in [-0.1, -0.05) is 37.3 Å². The molecule has 1 aromatic rings. The maximum absolute atomic E-state index is 12.7. The highest BCUT2D eigenvalue weighted by atomic mass is 32.2. The van der Waals surface area contributed by atoms with Crippen LogP contribution in [0.5, 0.6) is 0 Å². The molecule has 0 aliphatic carbocycles. The summed E-state index contributed by atoms with van der Waals surface area (Å²) < 4.78 is 27.8. The molecule has 1 aromatic carbocycles. The minimum absolute atomic E-state index is 0.252. The van der Waals surface area contributed by atoms with Crippen LogP contribution < -0.4 is 0 Å². The van der Waals surface area contributed by atoms with Crippen LogP contribution in [0.25, 0.3) is 0 Å². The van der Waals surface area contributed by atoms with Crippen molar-refractivity contribution < 1.29 is 18.3 Å². The molecule has 0 aromatic heterocycles. The van der Waals surface area contributed by atoms with Gasteiger partial charge in [-0.05, 0) is 18.4 Å². The Kier molecular flexibility index (Phi) is 4.97. The van der Waals surface area contributed by atoms with Crippen molar-refractivity contribution in [2.75, 3.05) is 13.1 Å². The normalized spacial score (nSPS) is 20.0. The Morgan fingerprint density at radius 2 is 2.05 bits per heavy atom. The lowest BCUT2D eigenvalue weighted by atomic mass is 10.2. The zero-order valence-corrected chi connectivity index (χ0v) is 12.8. The van der Waals surface area contributed by atoms with E-state index >= 15 is 0 Å². The van der Waals surface area contributed by atoms with Gasteiger partial charge in [-0.15, -0.1) is 0 Å². The van der Waals surface area contributed by atoms with Crippen LogP contribution >= 0.6 is 0 Å². The van der Waals surface area contributed by atoms with Gasteiger partial charge < -0.3 is 5.11 Å². The third-order valence-corrected chi connectivity index (χ3v) is 5.74. The van der Waals surface area contributed by atoms with Gasteiger partial charge in [0.1, 0.15) is 6.04 Å². The molecular formula is C14H20N2O4S. The van der Waals surface area contributed by atoms with E-state index in [-0.39, 0.29) is 13.1 Å². The minimum atomic E-state index is -3.76. The molecule has 1 aliphatic heterocycles. The Morgan fingerprint density at radius 1 is 1.38 bits per heavy atom. The van der Waals surface area contributed by atoms with Gasteiger partial charge in [0.15, 0.2) is 0 Å². The molecule has 1 heterocycles. The van der Waals surface area contributed by atoms with Gasteiger partial charge in [0.05, 0.1) is 0 Å². The summed E-state index contributed by atoms with van der Waals surface area (Å²) in [7, 11) is -3.76. The Morgan fingerprint density at radius 3 is 2.62 bits per heavy atom. The molecule has 0 radical (unpaired) electrons. The molecule has 0 saturated carbocycles. The molecule has 0 bridgehead atoms. The van der Waals surface area contributed by atoms with E-state index in [1.165, 1.54) is 4.31 Å². The summed E-state index contributed by atoms with van der Waals surface area (Å²) in [6.45, 7) is 2.58. The van der Waals surface area contributed by atoms with Crippen LogP contribution in [0.3, 0.4) is 0 Å². The summed E-state index contributed by atoms with van der Waals surface area (Å²) >= 11 is 0. The number of carbonyl (C=O) groups is 1. The standard InChI is InChI=1S/C14H20N2O4S/c1-2-15(11-12-7-4-3-5-8-12)21(19,20)16-10-6-9-13(16)14(17)18/h3-5,7-8,13H,2,6,9-11H2,1H3,(H,17,18). The van der Waals surface area contributed by atoms with Gasteiger partial charge in [0, 0.05) is 19.6 Å². The summed E-state index contributed by atoms with van der Waals surface area (Å²) in [5.74, 6) is -1.08. The Labute approximate surface area is 125 Å². The maximum atomic E-state index is 12.7. The molecule has 1 atom stereocenters. The third-order valence-electron chi connectivity index (χ3n) is 3.67. The lowest BCUT2D eigenvalue weighted by molar-refractivity contribution is -0.140. The number of rotatable bonds is 6. The number of benzene rings is 1. The van der Waals surface area contributed by atoms with E-state index in [1.807, 2.05) is 30.3 Å². The first-order valence-corrected chi connectivity index (χ1v) is 8.40. The molecule has 1 aliphatic rings. The average molecular weight is 312 g/mol.